The lowest BCUT2D eigenvalue weighted by molar-refractivity contribution is -0.125. The fraction of sp³-hybridized carbons (Fsp3) is 0.400. The minimum Gasteiger partial charge on any atom is -0.349 e. The molecule has 0 saturated heterocycles. The Labute approximate surface area is 136 Å². The third-order valence-electron chi connectivity index (χ3n) is 3.64. The van der Waals surface area contributed by atoms with Crippen LogP contribution in [0.4, 0.5) is 0 Å². The van der Waals surface area contributed by atoms with Crippen molar-refractivity contribution in [2.45, 2.75) is 32.9 Å². The van der Waals surface area contributed by atoms with E-state index in [1.807, 2.05) is 45.0 Å². The van der Waals surface area contributed by atoms with Crippen molar-refractivity contribution >= 4 is 18.3 Å². The number of hydrogen-bond donors (Lipinski definition) is 2. The highest BCUT2D eigenvalue weighted by atomic mass is 35.5. The molecule has 0 saturated carbocycles. The smallest absolute Gasteiger partial charge is 0.224 e. The van der Waals surface area contributed by atoms with Gasteiger partial charge < -0.3 is 11.1 Å². The molecule has 22 heavy (non-hydrogen) atoms. The van der Waals surface area contributed by atoms with Crippen LogP contribution in [-0.2, 0) is 4.79 Å². The van der Waals surface area contributed by atoms with Gasteiger partial charge in [0.15, 0.2) is 0 Å². The first-order valence-electron chi connectivity index (χ1n) is 7.00. The van der Waals surface area contributed by atoms with Crippen molar-refractivity contribution in [3.05, 3.63) is 42.5 Å². The minimum atomic E-state index is -0.207. The van der Waals surface area contributed by atoms with E-state index in [0.29, 0.717) is 0 Å². The predicted octanol–water partition coefficient (Wildman–Crippen LogP) is 1.85. The molecule has 0 radical (unpaired) electrons. The zero-order chi connectivity index (χ0) is 15.4. The van der Waals surface area contributed by atoms with E-state index in [9.17, 15) is 4.79 Å². The molecule has 1 aromatic heterocycles. The molecular formula is C15H22ClN5O. The Morgan fingerprint density at radius 1 is 1.23 bits per heavy atom. The van der Waals surface area contributed by atoms with Crippen molar-refractivity contribution in [3.8, 4) is 5.69 Å². The summed E-state index contributed by atoms with van der Waals surface area (Å²) in [4.78, 5) is 15.9. The van der Waals surface area contributed by atoms with Crippen molar-refractivity contribution in [2.75, 3.05) is 0 Å². The fourth-order valence-corrected chi connectivity index (χ4v) is 1.92. The fourth-order valence-electron chi connectivity index (χ4n) is 1.92. The van der Waals surface area contributed by atoms with Crippen LogP contribution in [0.15, 0.2) is 36.9 Å². The van der Waals surface area contributed by atoms with E-state index in [4.69, 9.17) is 5.73 Å². The predicted molar refractivity (Wildman–Crippen MR) is 88.0 cm³/mol. The van der Waals surface area contributed by atoms with Gasteiger partial charge in [0.1, 0.15) is 12.7 Å². The van der Waals surface area contributed by atoms with E-state index in [-0.39, 0.29) is 36.3 Å². The quantitative estimate of drug-likeness (QED) is 0.879. The van der Waals surface area contributed by atoms with Crippen molar-refractivity contribution in [2.24, 2.45) is 11.7 Å². The van der Waals surface area contributed by atoms with Gasteiger partial charge in [-0.25, -0.2) is 9.67 Å². The maximum atomic E-state index is 12.0. The van der Waals surface area contributed by atoms with E-state index >= 15 is 0 Å². The van der Waals surface area contributed by atoms with Gasteiger partial charge in [0.05, 0.1) is 11.7 Å². The van der Waals surface area contributed by atoms with Crippen LogP contribution in [0, 0.1) is 5.92 Å². The van der Waals surface area contributed by atoms with E-state index < -0.39 is 0 Å². The molecule has 2 rings (SSSR count). The highest BCUT2D eigenvalue weighted by molar-refractivity contribution is 5.85. The average Bonchev–Trinajstić information content (AvgIpc) is 3.00. The van der Waals surface area contributed by atoms with Crippen molar-refractivity contribution < 1.29 is 4.79 Å². The number of nitrogens with one attached hydrogen (secondary N) is 1. The molecule has 0 aliphatic rings. The number of rotatable bonds is 5. The van der Waals surface area contributed by atoms with Gasteiger partial charge in [-0.3, -0.25) is 4.79 Å². The van der Waals surface area contributed by atoms with Gasteiger partial charge in [-0.15, -0.1) is 12.4 Å². The molecule has 0 aliphatic heterocycles. The Morgan fingerprint density at radius 2 is 1.86 bits per heavy atom. The number of nitrogens with two attached hydrogens (primary N) is 1. The molecule has 1 aromatic carbocycles. The summed E-state index contributed by atoms with van der Waals surface area (Å²) in [5.74, 6) is -0.236. The van der Waals surface area contributed by atoms with Crippen molar-refractivity contribution in [3.63, 3.8) is 0 Å². The molecule has 1 heterocycles. The van der Waals surface area contributed by atoms with Gasteiger partial charge in [0.2, 0.25) is 5.91 Å². The molecular weight excluding hydrogens is 302 g/mol. The molecule has 2 aromatic rings. The standard InChI is InChI=1S/C15H21N5O.ClH/c1-10(11(2)16)15(21)19-12(3)13-4-6-14(7-5-13)20-9-17-8-18-20;/h4-12H,16H2,1-3H3,(H,19,21);1H. The lowest BCUT2D eigenvalue weighted by atomic mass is 10.0. The van der Waals surface area contributed by atoms with E-state index in [0.717, 1.165) is 11.3 Å². The van der Waals surface area contributed by atoms with Gasteiger partial charge in [-0.05, 0) is 31.5 Å². The van der Waals surface area contributed by atoms with Gasteiger partial charge in [0.25, 0.3) is 0 Å². The number of carbonyl (C=O) groups is 1. The first-order chi connectivity index (χ1) is 9.99. The molecule has 0 fully saturated rings. The summed E-state index contributed by atoms with van der Waals surface area (Å²) in [5, 5.41) is 7.05. The number of amides is 1. The largest absolute Gasteiger partial charge is 0.349 e. The summed E-state index contributed by atoms with van der Waals surface area (Å²) in [6.07, 6.45) is 3.14. The van der Waals surface area contributed by atoms with Crippen LogP contribution in [0.25, 0.3) is 5.69 Å². The van der Waals surface area contributed by atoms with Crippen LogP contribution in [0.2, 0.25) is 0 Å². The summed E-state index contributed by atoms with van der Waals surface area (Å²) in [6.45, 7) is 5.62. The Morgan fingerprint density at radius 3 is 2.36 bits per heavy atom. The maximum absolute atomic E-state index is 12.0. The highest BCUT2D eigenvalue weighted by Crippen LogP contribution is 2.16. The Hall–Kier alpha value is -1.92. The van der Waals surface area contributed by atoms with E-state index in [2.05, 4.69) is 15.4 Å². The van der Waals surface area contributed by atoms with Gasteiger partial charge in [-0.1, -0.05) is 19.1 Å². The Kier molecular flexibility index (Phi) is 6.52. The minimum absolute atomic E-state index is 0. The maximum Gasteiger partial charge on any atom is 0.224 e. The van der Waals surface area contributed by atoms with Gasteiger partial charge >= 0.3 is 0 Å². The topological polar surface area (TPSA) is 85.8 Å². The van der Waals surface area contributed by atoms with Gasteiger partial charge in [0, 0.05) is 12.0 Å². The molecule has 0 aliphatic carbocycles. The number of carbonyl (C=O) groups excluding carboxylic acids is 1. The van der Waals surface area contributed by atoms with Crippen molar-refractivity contribution in [1.29, 1.82) is 0 Å². The molecule has 6 nitrogen and oxygen atoms in total. The van der Waals surface area contributed by atoms with Crippen LogP contribution in [0.5, 0.6) is 0 Å². The third kappa shape index (κ3) is 4.29. The second-order valence-corrected chi connectivity index (χ2v) is 5.31. The number of halogens is 1. The van der Waals surface area contributed by atoms with Crippen molar-refractivity contribution in [1.82, 2.24) is 20.1 Å². The number of aromatic nitrogens is 3. The molecule has 3 atom stereocenters. The summed E-state index contributed by atoms with van der Waals surface area (Å²) in [7, 11) is 0. The molecule has 120 valence electrons. The summed E-state index contributed by atoms with van der Waals surface area (Å²) in [5.41, 5.74) is 7.71. The monoisotopic (exact) mass is 323 g/mol. The summed E-state index contributed by atoms with van der Waals surface area (Å²) >= 11 is 0. The van der Waals surface area contributed by atoms with Gasteiger partial charge in [-0.2, -0.15) is 5.10 Å². The second kappa shape index (κ2) is 7.91. The number of benzene rings is 1. The molecule has 3 N–H and O–H groups in total. The summed E-state index contributed by atoms with van der Waals surface area (Å²) < 4.78 is 1.69. The summed E-state index contributed by atoms with van der Waals surface area (Å²) in [6, 6.07) is 7.61. The zero-order valence-electron chi connectivity index (χ0n) is 12.9. The molecule has 3 unspecified atom stereocenters. The number of hydrogen-bond acceptors (Lipinski definition) is 4. The van der Waals surface area contributed by atoms with Crippen LogP contribution in [0.3, 0.4) is 0 Å². The van der Waals surface area contributed by atoms with E-state index in [1.165, 1.54) is 6.33 Å². The highest BCUT2D eigenvalue weighted by Gasteiger charge is 2.19. The Bertz CT molecular complexity index is 582. The average molecular weight is 324 g/mol. The zero-order valence-corrected chi connectivity index (χ0v) is 13.7. The van der Waals surface area contributed by atoms with Crippen LogP contribution in [0.1, 0.15) is 32.4 Å². The SMILES string of the molecule is CC(NC(=O)C(C)C(C)N)c1ccc(-n2cncn2)cc1.Cl. The van der Waals surface area contributed by atoms with Crippen LogP contribution >= 0.6 is 12.4 Å². The van der Waals surface area contributed by atoms with Crippen LogP contribution in [-0.4, -0.2) is 26.7 Å². The Balaban J connectivity index is 0.00000242. The molecule has 7 heteroatoms. The first-order valence-corrected chi connectivity index (χ1v) is 7.00. The second-order valence-electron chi connectivity index (χ2n) is 5.31. The van der Waals surface area contributed by atoms with Crippen LogP contribution < -0.4 is 11.1 Å². The third-order valence-corrected chi connectivity index (χ3v) is 3.64. The van der Waals surface area contributed by atoms with E-state index in [1.54, 1.807) is 11.0 Å². The first kappa shape index (κ1) is 18.1. The molecule has 0 spiro atoms. The normalized spacial score (nSPS) is 14.5. The molecule has 0 bridgehead atoms. The lowest BCUT2D eigenvalue weighted by Gasteiger charge is -2.20. The number of nitrogens with zero attached hydrogens (tertiary/aromatic N) is 3. The molecule has 1 amide bonds. The lowest BCUT2D eigenvalue weighted by Crippen LogP contribution is -2.39.